The second-order valence-electron chi connectivity index (χ2n) is 6.88. The summed E-state index contributed by atoms with van der Waals surface area (Å²) in [5.41, 5.74) is 5.43. The highest BCUT2D eigenvalue weighted by atomic mass is 16.5. The first-order chi connectivity index (χ1) is 12.5. The number of nitrogens with zero attached hydrogens (tertiary/aromatic N) is 3. The standard InChI is InChI=1S/C20H28N4O2/c1-15-19(16(2)23(3)22-15)12-20(25)21-13-17-6-4-5-7-18(17)14-24-8-10-26-11-9-24/h4-7H,8-14H2,1-3H3,(H,21,25). The summed E-state index contributed by atoms with van der Waals surface area (Å²) in [6.45, 7) is 8.91. The molecule has 0 bridgehead atoms. The molecule has 1 N–H and O–H groups in total. The second-order valence-corrected chi connectivity index (χ2v) is 6.88. The van der Waals surface area contributed by atoms with E-state index < -0.39 is 0 Å². The van der Waals surface area contributed by atoms with Gasteiger partial charge in [0, 0.05) is 44.5 Å². The van der Waals surface area contributed by atoms with Crippen LogP contribution in [-0.2, 0) is 36.1 Å². The van der Waals surface area contributed by atoms with Gasteiger partial charge in [0.25, 0.3) is 0 Å². The van der Waals surface area contributed by atoms with Crippen molar-refractivity contribution in [2.24, 2.45) is 7.05 Å². The van der Waals surface area contributed by atoms with Gasteiger partial charge < -0.3 is 10.1 Å². The molecule has 1 aromatic heterocycles. The van der Waals surface area contributed by atoms with E-state index in [4.69, 9.17) is 4.74 Å². The number of aromatic nitrogens is 2. The first kappa shape index (κ1) is 18.6. The number of carbonyl (C=O) groups excluding carboxylic acids is 1. The molecule has 0 unspecified atom stereocenters. The van der Waals surface area contributed by atoms with Gasteiger partial charge >= 0.3 is 0 Å². The van der Waals surface area contributed by atoms with E-state index in [-0.39, 0.29) is 5.91 Å². The van der Waals surface area contributed by atoms with Gasteiger partial charge in [0.05, 0.1) is 25.3 Å². The maximum Gasteiger partial charge on any atom is 0.224 e. The van der Waals surface area contributed by atoms with Gasteiger partial charge in [-0.15, -0.1) is 0 Å². The van der Waals surface area contributed by atoms with Crippen LogP contribution in [0.1, 0.15) is 28.1 Å². The second kappa shape index (κ2) is 8.47. The number of benzene rings is 1. The van der Waals surface area contributed by atoms with E-state index in [1.165, 1.54) is 11.1 Å². The van der Waals surface area contributed by atoms with Crippen molar-refractivity contribution in [2.75, 3.05) is 26.3 Å². The monoisotopic (exact) mass is 356 g/mol. The van der Waals surface area contributed by atoms with Gasteiger partial charge in [-0.05, 0) is 25.0 Å². The Balaban J connectivity index is 1.59. The van der Waals surface area contributed by atoms with Crippen molar-refractivity contribution in [1.82, 2.24) is 20.0 Å². The van der Waals surface area contributed by atoms with Crippen LogP contribution in [0.2, 0.25) is 0 Å². The van der Waals surface area contributed by atoms with Crippen molar-refractivity contribution < 1.29 is 9.53 Å². The molecule has 1 aliphatic rings. The molecule has 0 atom stereocenters. The number of morpholine rings is 1. The van der Waals surface area contributed by atoms with Crippen LogP contribution < -0.4 is 5.32 Å². The van der Waals surface area contributed by atoms with Gasteiger partial charge in [0.2, 0.25) is 5.91 Å². The molecule has 6 nitrogen and oxygen atoms in total. The van der Waals surface area contributed by atoms with Crippen molar-refractivity contribution in [3.8, 4) is 0 Å². The lowest BCUT2D eigenvalue weighted by Crippen LogP contribution is -2.36. The zero-order valence-electron chi connectivity index (χ0n) is 15.9. The topological polar surface area (TPSA) is 59.4 Å². The molecule has 1 fully saturated rings. The molecular formula is C20H28N4O2. The Labute approximate surface area is 155 Å². The quantitative estimate of drug-likeness (QED) is 0.856. The molecule has 2 aromatic rings. The number of hydrogen-bond donors (Lipinski definition) is 1. The number of aryl methyl sites for hydroxylation is 2. The van der Waals surface area contributed by atoms with E-state index in [0.29, 0.717) is 13.0 Å². The number of hydrogen-bond acceptors (Lipinski definition) is 4. The molecule has 2 heterocycles. The molecule has 140 valence electrons. The Hall–Kier alpha value is -2.18. The maximum absolute atomic E-state index is 12.4. The summed E-state index contributed by atoms with van der Waals surface area (Å²) < 4.78 is 7.25. The molecule has 0 radical (unpaired) electrons. The Kier molecular flexibility index (Phi) is 6.06. The highest BCUT2D eigenvalue weighted by Crippen LogP contribution is 2.14. The zero-order valence-corrected chi connectivity index (χ0v) is 15.9. The SMILES string of the molecule is Cc1nn(C)c(C)c1CC(=O)NCc1ccccc1CN1CCOCC1. The van der Waals surface area contributed by atoms with Crippen molar-refractivity contribution in [2.45, 2.75) is 33.4 Å². The minimum Gasteiger partial charge on any atom is -0.379 e. The van der Waals surface area contributed by atoms with Crippen molar-refractivity contribution >= 4 is 5.91 Å². The molecule has 0 aliphatic carbocycles. The van der Waals surface area contributed by atoms with Crippen LogP contribution in [0.25, 0.3) is 0 Å². The van der Waals surface area contributed by atoms with E-state index in [2.05, 4.69) is 33.5 Å². The van der Waals surface area contributed by atoms with E-state index >= 15 is 0 Å². The number of nitrogens with one attached hydrogen (secondary N) is 1. The van der Waals surface area contributed by atoms with Crippen molar-refractivity contribution in [3.63, 3.8) is 0 Å². The first-order valence-electron chi connectivity index (χ1n) is 9.17. The smallest absolute Gasteiger partial charge is 0.224 e. The number of rotatable bonds is 6. The zero-order chi connectivity index (χ0) is 18.5. The first-order valence-corrected chi connectivity index (χ1v) is 9.17. The lowest BCUT2D eigenvalue weighted by atomic mass is 10.1. The fourth-order valence-corrected chi connectivity index (χ4v) is 3.37. The van der Waals surface area contributed by atoms with Crippen LogP contribution in [0, 0.1) is 13.8 Å². The van der Waals surface area contributed by atoms with Crippen LogP contribution in [-0.4, -0.2) is 46.9 Å². The van der Waals surface area contributed by atoms with Gasteiger partial charge in [-0.1, -0.05) is 24.3 Å². The Bertz CT molecular complexity index is 763. The number of ether oxygens (including phenoxy) is 1. The fourth-order valence-electron chi connectivity index (χ4n) is 3.37. The average Bonchev–Trinajstić information content (AvgIpc) is 2.88. The molecule has 1 aromatic carbocycles. The molecule has 1 saturated heterocycles. The minimum atomic E-state index is 0.0328. The molecule has 1 aliphatic heterocycles. The summed E-state index contributed by atoms with van der Waals surface area (Å²) in [6, 6.07) is 8.33. The van der Waals surface area contributed by atoms with Crippen LogP contribution in [0.5, 0.6) is 0 Å². The summed E-state index contributed by atoms with van der Waals surface area (Å²) in [7, 11) is 1.91. The van der Waals surface area contributed by atoms with Crippen LogP contribution in [0.4, 0.5) is 0 Å². The summed E-state index contributed by atoms with van der Waals surface area (Å²) in [6.07, 6.45) is 0.372. The van der Waals surface area contributed by atoms with Crippen molar-refractivity contribution in [1.29, 1.82) is 0 Å². The third-order valence-corrected chi connectivity index (χ3v) is 5.09. The third-order valence-electron chi connectivity index (χ3n) is 5.09. The summed E-state index contributed by atoms with van der Waals surface area (Å²) in [5, 5.41) is 7.45. The minimum absolute atomic E-state index is 0.0328. The lowest BCUT2D eigenvalue weighted by Gasteiger charge is -2.27. The van der Waals surface area contributed by atoms with Crippen molar-refractivity contribution in [3.05, 3.63) is 52.3 Å². The van der Waals surface area contributed by atoms with Gasteiger partial charge in [-0.3, -0.25) is 14.4 Å². The molecular weight excluding hydrogens is 328 g/mol. The molecule has 1 amide bonds. The third kappa shape index (κ3) is 4.51. The van der Waals surface area contributed by atoms with E-state index in [1.54, 1.807) is 0 Å². The van der Waals surface area contributed by atoms with Gasteiger partial charge in [0.1, 0.15) is 0 Å². The lowest BCUT2D eigenvalue weighted by molar-refractivity contribution is -0.120. The predicted octanol–water partition coefficient (Wildman–Crippen LogP) is 1.73. The molecule has 3 rings (SSSR count). The summed E-state index contributed by atoms with van der Waals surface area (Å²) in [4.78, 5) is 14.8. The van der Waals surface area contributed by atoms with Crippen LogP contribution >= 0.6 is 0 Å². The van der Waals surface area contributed by atoms with Crippen LogP contribution in [0.15, 0.2) is 24.3 Å². The average molecular weight is 356 g/mol. The summed E-state index contributed by atoms with van der Waals surface area (Å²) in [5.74, 6) is 0.0328. The Morgan fingerprint density at radius 3 is 2.54 bits per heavy atom. The molecule has 0 spiro atoms. The van der Waals surface area contributed by atoms with E-state index in [9.17, 15) is 4.79 Å². The molecule has 0 saturated carbocycles. The maximum atomic E-state index is 12.4. The molecule has 6 heteroatoms. The largest absolute Gasteiger partial charge is 0.379 e. The van der Waals surface area contributed by atoms with Crippen LogP contribution in [0.3, 0.4) is 0 Å². The van der Waals surface area contributed by atoms with Gasteiger partial charge in [0.15, 0.2) is 0 Å². The van der Waals surface area contributed by atoms with E-state index in [0.717, 1.165) is 49.8 Å². The number of amides is 1. The highest BCUT2D eigenvalue weighted by Gasteiger charge is 2.15. The fraction of sp³-hybridized carbons (Fsp3) is 0.500. The normalized spacial score (nSPS) is 15.2. The number of carbonyl (C=O) groups is 1. The summed E-state index contributed by atoms with van der Waals surface area (Å²) >= 11 is 0. The molecule has 26 heavy (non-hydrogen) atoms. The highest BCUT2D eigenvalue weighted by molar-refractivity contribution is 5.79. The predicted molar refractivity (Wildman–Crippen MR) is 101 cm³/mol. The Morgan fingerprint density at radius 1 is 1.19 bits per heavy atom. The van der Waals surface area contributed by atoms with E-state index in [1.807, 2.05) is 31.6 Å². The van der Waals surface area contributed by atoms with Gasteiger partial charge in [-0.25, -0.2) is 0 Å². The Morgan fingerprint density at radius 2 is 1.88 bits per heavy atom. The van der Waals surface area contributed by atoms with Gasteiger partial charge in [-0.2, -0.15) is 5.10 Å².